The predicted molar refractivity (Wildman–Crippen MR) is 83.7 cm³/mol. The van der Waals surface area contributed by atoms with E-state index in [-0.39, 0.29) is 5.91 Å². The number of hydrogen-bond acceptors (Lipinski definition) is 2. The molecule has 1 atom stereocenters. The number of nitrogens with zero attached hydrogens (tertiary/aromatic N) is 1. The average Bonchev–Trinajstić information content (AvgIpc) is 2.34. The van der Waals surface area contributed by atoms with Crippen molar-refractivity contribution in [3.63, 3.8) is 0 Å². The van der Waals surface area contributed by atoms with Gasteiger partial charge in [0.15, 0.2) is 0 Å². The van der Waals surface area contributed by atoms with Gasteiger partial charge in [-0.15, -0.1) is 0 Å². The maximum atomic E-state index is 12.3. The van der Waals surface area contributed by atoms with Gasteiger partial charge in [-0.05, 0) is 53.5 Å². The van der Waals surface area contributed by atoms with Crippen molar-refractivity contribution >= 4 is 40.3 Å². The standard InChI is InChI=1S/C13H18INOS/c1-4-12(9-17-3)15(2)13(16)10-6-5-7-11(14)8-10/h5-8,12H,4,9H2,1-3H3. The molecule has 0 saturated heterocycles. The third-order valence-corrected chi connectivity index (χ3v) is 4.16. The predicted octanol–water partition coefficient (Wildman–Crippen LogP) is 3.50. The number of carbonyl (C=O) groups excluding carboxylic acids is 1. The van der Waals surface area contributed by atoms with Gasteiger partial charge in [0.25, 0.3) is 5.91 Å². The van der Waals surface area contributed by atoms with Crippen LogP contribution in [0.15, 0.2) is 24.3 Å². The molecule has 0 aliphatic rings. The third-order valence-electron chi connectivity index (χ3n) is 2.77. The highest BCUT2D eigenvalue weighted by molar-refractivity contribution is 14.1. The van der Waals surface area contributed by atoms with E-state index in [0.717, 1.165) is 21.3 Å². The first kappa shape index (κ1) is 14.8. The summed E-state index contributed by atoms with van der Waals surface area (Å²) in [7, 11) is 1.90. The van der Waals surface area contributed by atoms with Gasteiger partial charge in [0.2, 0.25) is 0 Å². The van der Waals surface area contributed by atoms with E-state index in [1.54, 1.807) is 11.8 Å². The maximum absolute atomic E-state index is 12.3. The molecule has 0 heterocycles. The van der Waals surface area contributed by atoms with Crippen molar-refractivity contribution in [2.75, 3.05) is 19.1 Å². The van der Waals surface area contributed by atoms with Crippen LogP contribution in [-0.2, 0) is 0 Å². The Kier molecular flexibility index (Phi) is 6.33. The molecule has 17 heavy (non-hydrogen) atoms. The molecule has 0 spiro atoms. The first-order valence-electron chi connectivity index (χ1n) is 5.61. The number of thioether (sulfide) groups is 1. The molecule has 4 heteroatoms. The molecule has 1 aromatic rings. The van der Waals surface area contributed by atoms with Crippen LogP contribution < -0.4 is 0 Å². The number of carbonyl (C=O) groups is 1. The summed E-state index contributed by atoms with van der Waals surface area (Å²) in [6.45, 7) is 2.12. The molecule has 0 bridgehead atoms. The largest absolute Gasteiger partial charge is 0.338 e. The second-order valence-corrected chi connectivity index (χ2v) is 6.10. The van der Waals surface area contributed by atoms with Gasteiger partial charge in [0.1, 0.15) is 0 Å². The summed E-state index contributed by atoms with van der Waals surface area (Å²) in [5.74, 6) is 1.10. The highest BCUT2D eigenvalue weighted by Gasteiger charge is 2.19. The van der Waals surface area contributed by atoms with Crippen LogP contribution in [0.5, 0.6) is 0 Å². The number of rotatable bonds is 5. The van der Waals surface area contributed by atoms with Gasteiger partial charge in [0, 0.05) is 28.0 Å². The minimum atomic E-state index is 0.115. The molecular formula is C13H18INOS. The van der Waals surface area contributed by atoms with Gasteiger partial charge < -0.3 is 4.90 Å². The lowest BCUT2D eigenvalue weighted by molar-refractivity contribution is 0.0743. The Labute approximate surface area is 121 Å². The molecule has 1 aromatic carbocycles. The van der Waals surface area contributed by atoms with Crippen molar-refractivity contribution in [3.05, 3.63) is 33.4 Å². The summed E-state index contributed by atoms with van der Waals surface area (Å²) in [4.78, 5) is 14.1. The molecule has 0 fully saturated rings. The molecule has 0 radical (unpaired) electrons. The molecular weight excluding hydrogens is 345 g/mol. The van der Waals surface area contributed by atoms with Gasteiger partial charge in [-0.1, -0.05) is 13.0 Å². The average molecular weight is 363 g/mol. The molecule has 0 aromatic heterocycles. The Morgan fingerprint density at radius 2 is 2.24 bits per heavy atom. The molecule has 1 rings (SSSR count). The van der Waals surface area contributed by atoms with E-state index in [4.69, 9.17) is 0 Å². The topological polar surface area (TPSA) is 20.3 Å². The van der Waals surface area contributed by atoms with Crippen LogP contribution >= 0.6 is 34.4 Å². The van der Waals surface area contributed by atoms with Crippen molar-refractivity contribution in [1.29, 1.82) is 0 Å². The molecule has 0 aliphatic heterocycles. The minimum Gasteiger partial charge on any atom is -0.338 e. The summed E-state index contributed by atoms with van der Waals surface area (Å²) in [5, 5.41) is 0. The Balaban J connectivity index is 2.81. The lowest BCUT2D eigenvalue weighted by Gasteiger charge is -2.26. The Morgan fingerprint density at radius 1 is 1.53 bits per heavy atom. The van der Waals surface area contributed by atoms with Gasteiger partial charge in [0.05, 0.1) is 0 Å². The Bertz CT molecular complexity index is 383. The monoisotopic (exact) mass is 363 g/mol. The van der Waals surface area contributed by atoms with Crippen molar-refractivity contribution in [2.24, 2.45) is 0 Å². The summed E-state index contributed by atoms with van der Waals surface area (Å²) in [6.07, 6.45) is 3.07. The molecule has 2 nitrogen and oxygen atoms in total. The highest BCUT2D eigenvalue weighted by Crippen LogP contribution is 2.14. The van der Waals surface area contributed by atoms with Crippen LogP contribution in [0.3, 0.4) is 0 Å². The van der Waals surface area contributed by atoms with Gasteiger partial charge in [-0.25, -0.2) is 0 Å². The molecule has 0 aliphatic carbocycles. The van der Waals surface area contributed by atoms with Gasteiger partial charge in [-0.3, -0.25) is 4.79 Å². The number of amides is 1. The van der Waals surface area contributed by atoms with Crippen molar-refractivity contribution in [1.82, 2.24) is 4.90 Å². The van der Waals surface area contributed by atoms with E-state index < -0.39 is 0 Å². The van der Waals surface area contributed by atoms with Crippen LogP contribution in [0.1, 0.15) is 23.7 Å². The number of halogens is 1. The van der Waals surface area contributed by atoms with E-state index in [0.29, 0.717) is 6.04 Å². The second kappa shape index (κ2) is 7.26. The van der Waals surface area contributed by atoms with E-state index >= 15 is 0 Å². The smallest absolute Gasteiger partial charge is 0.253 e. The zero-order valence-corrected chi connectivity index (χ0v) is 13.4. The molecule has 1 unspecified atom stereocenters. The van der Waals surface area contributed by atoms with E-state index in [2.05, 4.69) is 35.8 Å². The van der Waals surface area contributed by atoms with E-state index in [9.17, 15) is 4.79 Å². The summed E-state index contributed by atoms with van der Waals surface area (Å²) < 4.78 is 1.10. The lowest BCUT2D eigenvalue weighted by atomic mass is 10.1. The lowest BCUT2D eigenvalue weighted by Crippen LogP contribution is -2.38. The molecule has 0 N–H and O–H groups in total. The van der Waals surface area contributed by atoms with Crippen LogP contribution in [-0.4, -0.2) is 35.9 Å². The fourth-order valence-corrected chi connectivity index (χ4v) is 3.07. The fourth-order valence-electron chi connectivity index (χ4n) is 1.69. The van der Waals surface area contributed by atoms with Gasteiger partial charge in [-0.2, -0.15) is 11.8 Å². The SMILES string of the molecule is CCC(CSC)N(C)C(=O)c1cccc(I)c1. The summed E-state index contributed by atoms with van der Waals surface area (Å²) in [6, 6.07) is 8.06. The van der Waals surface area contributed by atoms with Crippen LogP contribution in [0.4, 0.5) is 0 Å². The molecule has 1 amide bonds. The third kappa shape index (κ3) is 4.17. The highest BCUT2D eigenvalue weighted by atomic mass is 127. The quantitative estimate of drug-likeness (QED) is 0.747. The van der Waals surface area contributed by atoms with Crippen molar-refractivity contribution < 1.29 is 4.79 Å². The normalized spacial score (nSPS) is 12.2. The summed E-state index contributed by atoms with van der Waals surface area (Å²) in [5.41, 5.74) is 0.777. The van der Waals surface area contributed by atoms with Crippen LogP contribution in [0.2, 0.25) is 0 Å². The van der Waals surface area contributed by atoms with Crippen molar-refractivity contribution in [2.45, 2.75) is 19.4 Å². The minimum absolute atomic E-state index is 0.115. The van der Waals surface area contributed by atoms with Crippen LogP contribution in [0, 0.1) is 3.57 Å². The first-order chi connectivity index (χ1) is 8.10. The number of benzene rings is 1. The first-order valence-corrected chi connectivity index (χ1v) is 8.09. The summed E-state index contributed by atoms with van der Waals surface area (Å²) >= 11 is 4.01. The Morgan fingerprint density at radius 3 is 2.76 bits per heavy atom. The van der Waals surface area contributed by atoms with Gasteiger partial charge >= 0.3 is 0 Å². The Hall–Kier alpha value is -0.230. The van der Waals surface area contributed by atoms with E-state index in [1.807, 2.05) is 36.2 Å². The molecule has 94 valence electrons. The van der Waals surface area contributed by atoms with Crippen LogP contribution in [0.25, 0.3) is 0 Å². The molecule has 0 saturated carbocycles. The maximum Gasteiger partial charge on any atom is 0.253 e. The zero-order valence-electron chi connectivity index (χ0n) is 10.4. The zero-order chi connectivity index (χ0) is 12.8. The number of hydrogen-bond donors (Lipinski definition) is 0. The van der Waals surface area contributed by atoms with Crippen molar-refractivity contribution in [3.8, 4) is 0 Å². The fraction of sp³-hybridized carbons (Fsp3) is 0.462. The second-order valence-electron chi connectivity index (χ2n) is 3.94. The van der Waals surface area contributed by atoms with E-state index in [1.165, 1.54) is 0 Å².